The molecule has 0 heterocycles. The van der Waals surface area contributed by atoms with Gasteiger partial charge >= 0.3 is 0 Å². The van der Waals surface area contributed by atoms with Gasteiger partial charge in [-0.05, 0) is 50.1 Å². The van der Waals surface area contributed by atoms with E-state index in [4.69, 9.17) is 11.6 Å². The fraction of sp³-hybridized carbons (Fsp3) is 0.562. The van der Waals surface area contributed by atoms with Crippen LogP contribution in [0.5, 0.6) is 0 Å². The molecule has 1 amide bonds. The Bertz CT molecular complexity index is 427. The lowest BCUT2D eigenvalue weighted by molar-refractivity contribution is -0.116. The molecule has 1 fully saturated rings. The van der Waals surface area contributed by atoms with Crippen LogP contribution in [0.2, 0.25) is 5.02 Å². The predicted molar refractivity (Wildman–Crippen MR) is 84.2 cm³/mol. The summed E-state index contributed by atoms with van der Waals surface area (Å²) < 4.78 is 0. The minimum atomic E-state index is 0.0607. The number of nitrogens with zero attached hydrogens (tertiary/aromatic N) is 1. The Kier molecular flexibility index (Phi) is 5.86. The number of carbonyl (C=O) groups is 1. The van der Waals surface area contributed by atoms with Crippen molar-refractivity contribution in [1.29, 1.82) is 0 Å². The molecule has 3 nitrogen and oxygen atoms in total. The number of rotatable bonds is 6. The minimum Gasteiger partial charge on any atom is -0.326 e. The molecule has 1 aromatic carbocycles. The lowest BCUT2D eigenvalue weighted by atomic mass is 10.1. The Morgan fingerprint density at radius 3 is 2.60 bits per heavy atom. The van der Waals surface area contributed by atoms with Gasteiger partial charge in [0.05, 0.1) is 0 Å². The third-order valence-corrected chi connectivity index (χ3v) is 4.15. The lowest BCUT2D eigenvalue weighted by Crippen LogP contribution is -2.28. The molecule has 1 N–H and O–H groups in total. The Hall–Kier alpha value is -1.06. The first-order valence-electron chi connectivity index (χ1n) is 7.37. The number of hydrogen-bond acceptors (Lipinski definition) is 2. The number of hydrogen-bond donors (Lipinski definition) is 1. The summed E-state index contributed by atoms with van der Waals surface area (Å²) in [4.78, 5) is 14.1. The zero-order valence-corrected chi connectivity index (χ0v) is 12.8. The normalized spacial score (nSPS) is 15.8. The predicted octanol–water partition coefficient (Wildman–Crippen LogP) is 3.79. The smallest absolute Gasteiger partial charge is 0.225 e. The van der Waals surface area contributed by atoms with Crippen LogP contribution in [0.15, 0.2) is 24.3 Å². The average Bonchev–Trinajstić information content (AvgIpc) is 2.92. The third-order valence-electron chi connectivity index (χ3n) is 3.89. The summed E-state index contributed by atoms with van der Waals surface area (Å²) >= 11 is 5.81. The summed E-state index contributed by atoms with van der Waals surface area (Å²) in [5, 5.41) is 3.57. The molecule has 1 aliphatic rings. The van der Waals surface area contributed by atoms with Gasteiger partial charge in [0.25, 0.3) is 0 Å². The molecule has 0 aliphatic heterocycles. The van der Waals surface area contributed by atoms with Crippen LogP contribution in [0, 0.1) is 5.92 Å². The van der Waals surface area contributed by atoms with E-state index in [1.54, 1.807) is 12.1 Å². The highest BCUT2D eigenvalue weighted by molar-refractivity contribution is 6.30. The van der Waals surface area contributed by atoms with Gasteiger partial charge in [0.15, 0.2) is 0 Å². The van der Waals surface area contributed by atoms with Gasteiger partial charge in [-0.2, -0.15) is 0 Å². The molecule has 110 valence electrons. The van der Waals surface area contributed by atoms with Crippen molar-refractivity contribution in [1.82, 2.24) is 4.90 Å². The van der Waals surface area contributed by atoms with Gasteiger partial charge < -0.3 is 10.2 Å². The van der Waals surface area contributed by atoms with Gasteiger partial charge in [0.1, 0.15) is 0 Å². The van der Waals surface area contributed by atoms with E-state index in [1.807, 2.05) is 12.1 Å². The summed E-state index contributed by atoms with van der Waals surface area (Å²) in [5.41, 5.74) is 0.804. The molecule has 1 aliphatic carbocycles. The Morgan fingerprint density at radius 1 is 1.30 bits per heavy atom. The molecule has 0 radical (unpaired) electrons. The quantitative estimate of drug-likeness (QED) is 0.866. The summed E-state index contributed by atoms with van der Waals surface area (Å²) in [5.74, 6) is 0.893. The number of halogens is 1. The lowest BCUT2D eigenvalue weighted by Gasteiger charge is -2.20. The highest BCUT2D eigenvalue weighted by atomic mass is 35.5. The van der Waals surface area contributed by atoms with Crippen LogP contribution in [0.25, 0.3) is 0 Å². The highest BCUT2D eigenvalue weighted by Crippen LogP contribution is 2.25. The maximum Gasteiger partial charge on any atom is 0.225 e. The maximum absolute atomic E-state index is 11.9. The molecule has 1 aromatic rings. The molecule has 0 aromatic heterocycles. The second kappa shape index (κ2) is 7.65. The van der Waals surface area contributed by atoms with Crippen molar-refractivity contribution < 1.29 is 4.79 Å². The van der Waals surface area contributed by atoms with E-state index >= 15 is 0 Å². The minimum absolute atomic E-state index is 0.0607. The van der Waals surface area contributed by atoms with Gasteiger partial charge in [-0.25, -0.2) is 0 Å². The fourth-order valence-corrected chi connectivity index (χ4v) is 2.90. The van der Waals surface area contributed by atoms with Crippen LogP contribution in [0.3, 0.4) is 0 Å². The molecular formula is C16H23ClN2O. The zero-order chi connectivity index (χ0) is 14.4. The molecule has 2 rings (SSSR count). The SMILES string of the molecule is CN(CCC(=O)Nc1ccc(Cl)cc1)CC1CCCC1. The van der Waals surface area contributed by atoms with Crippen molar-refractivity contribution in [3.63, 3.8) is 0 Å². The van der Waals surface area contributed by atoms with Crippen LogP contribution in [0.1, 0.15) is 32.1 Å². The number of benzene rings is 1. The van der Waals surface area contributed by atoms with Crippen LogP contribution < -0.4 is 5.32 Å². The highest BCUT2D eigenvalue weighted by Gasteiger charge is 2.17. The van der Waals surface area contributed by atoms with Crippen molar-refractivity contribution in [3.05, 3.63) is 29.3 Å². The molecule has 0 saturated heterocycles. The van der Waals surface area contributed by atoms with E-state index < -0.39 is 0 Å². The van der Waals surface area contributed by atoms with E-state index in [2.05, 4.69) is 17.3 Å². The Labute approximate surface area is 126 Å². The van der Waals surface area contributed by atoms with Gasteiger partial charge in [-0.15, -0.1) is 0 Å². The van der Waals surface area contributed by atoms with Crippen molar-refractivity contribution in [2.24, 2.45) is 5.92 Å². The fourth-order valence-electron chi connectivity index (χ4n) is 2.77. The number of carbonyl (C=O) groups excluding carboxylic acids is 1. The number of anilines is 1. The van der Waals surface area contributed by atoms with Gasteiger partial charge in [0, 0.05) is 30.2 Å². The van der Waals surface area contributed by atoms with Crippen molar-refractivity contribution in [2.45, 2.75) is 32.1 Å². The largest absolute Gasteiger partial charge is 0.326 e. The summed E-state index contributed by atoms with van der Waals surface area (Å²) in [6.45, 7) is 1.93. The summed E-state index contributed by atoms with van der Waals surface area (Å²) in [6.07, 6.45) is 5.97. The zero-order valence-electron chi connectivity index (χ0n) is 12.1. The number of amides is 1. The standard InChI is InChI=1S/C16H23ClN2O/c1-19(12-13-4-2-3-5-13)11-10-16(20)18-15-8-6-14(17)7-9-15/h6-9,13H,2-5,10-12H2,1H3,(H,18,20). The molecular weight excluding hydrogens is 272 g/mol. The monoisotopic (exact) mass is 294 g/mol. The van der Waals surface area contributed by atoms with Crippen LogP contribution >= 0.6 is 11.6 Å². The summed E-state index contributed by atoms with van der Waals surface area (Å²) in [6, 6.07) is 7.21. The van der Waals surface area contributed by atoms with Crippen LogP contribution in [0.4, 0.5) is 5.69 Å². The van der Waals surface area contributed by atoms with E-state index in [-0.39, 0.29) is 5.91 Å². The van der Waals surface area contributed by atoms with E-state index in [0.29, 0.717) is 11.4 Å². The van der Waals surface area contributed by atoms with Crippen molar-refractivity contribution in [3.8, 4) is 0 Å². The van der Waals surface area contributed by atoms with Crippen molar-refractivity contribution >= 4 is 23.2 Å². The molecule has 4 heteroatoms. The molecule has 0 atom stereocenters. The molecule has 0 spiro atoms. The average molecular weight is 295 g/mol. The van der Waals surface area contributed by atoms with E-state index in [0.717, 1.165) is 24.7 Å². The van der Waals surface area contributed by atoms with Gasteiger partial charge in [0.2, 0.25) is 5.91 Å². The number of nitrogens with one attached hydrogen (secondary N) is 1. The topological polar surface area (TPSA) is 32.3 Å². The molecule has 1 saturated carbocycles. The maximum atomic E-state index is 11.9. The summed E-state index contributed by atoms with van der Waals surface area (Å²) in [7, 11) is 2.11. The van der Waals surface area contributed by atoms with E-state index in [1.165, 1.54) is 25.7 Å². The van der Waals surface area contributed by atoms with Gasteiger partial charge in [-0.1, -0.05) is 24.4 Å². The first-order chi connectivity index (χ1) is 9.63. The molecule has 0 bridgehead atoms. The van der Waals surface area contributed by atoms with Crippen LogP contribution in [-0.2, 0) is 4.79 Å². The first-order valence-corrected chi connectivity index (χ1v) is 7.75. The second-order valence-electron chi connectivity index (χ2n) is 5.72. The van der Waals surface area contributed by atoms with Crippen LogP contribution in [-0.4, -0.2) is 30.9 Å². The molecule has 20 heavy (non-hydrogen) atoms. The molecule has 0 unspecified atom stereocenters. The Morgan fingerprint density at radius 2 is 1.95 bits per heavy atom. The first kappa shape index (κ1) is 15.3. The second-order valence-corrected chi connectivity index (χ2v) is 6.15. The van der Waals surface area contributed by atoms with Crippen molar-refractivity contribution in [2.75, 3.05) is 25.5 Å². The van der Waals surface area contributed by atoms with E-state index in [9.17, 15) is 4.79 Å². The van der Waals surface area contributed by atoms with Gasteiger partial charge in [-0.3, -0.25) is 4.79 Å². The third kappa shape index (κ3) is 5.14. The Balaban J connectivity index is 1.67.